The number of aryl methyl sites for hydroxylation is 1. The lowest BCUT2D eigenvalue weighted by Crippen LogP contribution is -2.25. The number of hydrogen-bond donors (Lipinski definition) is 1. The molecule has 0 fully saturated rings. The minimum Gasteiger partial charge on any atom is -0.495 e. The largest absolute Gasteiger partial charge is 0.495 e. The molecule has 0 spiro atoms. The maximum Gasteiger partial charge on any atom is 0.257 e. The fourth-order valence-electron chi connectivity index (χ4n) is 3.40. The summed E-state index contributed by atoms with van der Waals surface area (Å²) in [7, 11) is 1.55. The monoisotopic (exact) mass is 393 g/mol. The third-order valence-electron chi connectivity index (χ3n) is 4.81. The van der Waals surface area contributed by atoms with Gasteiger partial charge in [-0.05, 0) is 54.8 Å². The van der Waals surface area contributed by atoms with Gasteiger partial charge in [-0.3, -0.25) is 4.79 Å². The van der Waals surface area contributed by atoms with E-state index in [0.29, 0.717) is 22.0 Å². The number of pyridine rings is 1. The fourth-order valence-corrected chi connectivity index (χ4v) is 3.66. The summed E-state index contributed by atoms with van der Waals surface area (Å²) < 4.78 is 5.13. The van der Waals surface area contributed by atoms with E-state index < -0.39 is 0 Å². The average molecular weight is 394 g/mol. The minimum atomic E-state index is -0.237. The maximum absolute atomic E-state index is 12.5. The number of fused-ring (bicyclic) bond motifs is 1. The molecule has 3 aromatic rings. The molecule has 1 aromatic heterocycles. The number of hydrogen-bond acceptors (Lipinski definition) is 4. The number of amides is 1. The zero-order valence-electron chi connectivity index (χ0n) is 15.5. The van der Waals surface area contributed by atoms with E-state index in [-0.39, 0.29) is 5.91 Å². The first kappa shape index (κ1) is 18.3. The number of methoxy groups -OCH3 is 1. The Morgan fingerprint density at radius 2 is 2.04 bits per heavy atom. The second-order valence-electron chi connectivity index (χ2n) is 6.59. The highest BCUT2D eigenvalue weighted by molar-refractivity contribution is 6.32. The number of ether oxygens (including phenoxy) is 1. The van der Waals surface area contributed by atoms with Crippen LogP contribution in [0.3, 0.4) is 0 Å². The first-order valence-electron chi connectivity index (χ1n) is 9.12. The van der Waals surface area contributed by atoms with Gasteiger partial charge in [0, 0.05) is 24.1 Å². The van der Waals surface area contributed by atoms with Crippen molar-refractivity contribution in [2.24, 2.45) is 0 Å². The van der Waals surface area contributed by atoms with Crippen LogP contribution < -0.4 is 15.0 Å². The molecule has 0 saturated heterocycles. The second-order valence-corrected chi connectivity index (χ2v) is 7.00. The highest BCUT2D eigenvalue weighted by atomic mass is 35.5. The molecule has 28 heavy (non-hydrogen) atoms. The third-order valence-corrected chi connectivity index (χ3v) is 5.10. The van der Waals surface area contributed by atoms with Crippen molar-refractivity contribution in [2.75, 3.05) is 23.9 Å². The van der Waals surface area contributed by atoms with E-state index in [1.165, 1.54) is 11.3 Å². The fraction of sp³-hybridized carbons (Fsp3) is 0.182. The van der Waals surface area contributed by atoms with Crippen LogP contribution in [0, 0.1) is 0 Å². The third kappa shape index (κ3) is 3.66. The number of halogens is 1. The van der Waals surface area contributed by atoms with E-state index in [1.807, 2.05) is 12.1 Å². The molecule has 142 valence electrons. The molecule has 1 amide bonds. The van der Waals surface area contributed by atoms with E-state index >= 15 is 0 Å². The number of nitrogens with zero attached hydrogens (tertiary/aromatic N) is 2. The summed E-state index contributed by atoms with van der Waals surface area (Å²) in [6.07, 6.45) is 3.77. The summed E-state index contributed by atoms with van der Waals surface area (Å²) in [4.78, 5) is 19.3. The van der Waals surface area contributed by atoms with Crippen LogP contribution in [0.2, 0.25) is 5.02 Å². The summed E-state index contributed by atoms with van der Waals surface area (Å²) >= 11 is 6.11. The van der Waals surface area contributed by atoms with Gasteiger partial charge in [-0.15, -0.1) is 0 Å². The predicted octanol–water partition coefficient (Wildman–Crippen LogP) is 5.08. The zero-order valence-corrected chi connectivity index (χ0v) is 16.2. The standard InChI is InChI=1S/C22H20ClN3O2/c1-28-20-10-9-17(13-18(20)23)25-22(27)16-8-11-21(24-14-16)26-12-4-6-15-5-2-3-7-19(15)26/h2-3,5,7-11,13-14H,4,6,12H2,1H3,(H,25,27). The van der Waals surface area contributed by atoms with Crippen LogP contribution in [0.5, 0.6) is 5.75 Å². The molecule has 0 unspecified atom stereocenters. The van der Waals surface area contributed by atoms with Crippen LogP contribution in [-0.4, -0.2) is 24.5 Å². The van der Waals surface area contributed by atoms with E-state index in [1.54, 1.807) is 37.6 Å². The molecule has 2 heterocycles. The van der Waals surface area contributed by atoms with Gasteiger partial charge < -0.3 is 15.0 Å². The number of aromatic nitrogens is 1. The zero-order chi connectivity index (χ0) is 19.5. The Bertz CT molecular complexity index is 1000. The lowest BCUT2D eigenvalue weighted by atomic mass is 10.0. The summed E-state index contributed by atoms with van der Waals surface area (Å²) in [5, 5.41) is 3.27. The average Bonchev–Trinajstić information content (AvgIpc) is 2.73. The van der Waals surface area contributed by atoms with Gasteiger partial charge in [0.25, 0.3) is 5.91 Å². The van der Waals surface area contributed by atoms with Crippen LogP contribution in [0.1, 0.15) is 22.3 Å². The number of carbonyl (C=O) groups is 1. The van der Waals surface area contributed by atoms with Gasteiger partial charge in [-0.1, -0.05) is 29.8 Å². The molecule has 6 heteroatoms. The highest BCUT2D eigenvalue weighted by Gasteiger charge is 2.19. The molecular weight excluding hydrogens is 374 g/mol. The quantitative estimate of drug-likeness (QED) is 0.671. The maximum atomic E-state index is 12.5. The van der Waals surface area contributed by atoms with E-state index in [4.69, 9.17) is 16.3 Å². The Morgan fingerprint density at radius 1 is 1.18 bits per heavy atom. The van der Waals surface area contributed by atoms with Crippen molar-refractivity contribution in [2.45, 2.75) is 12.8 Å². The van der Waals surface area contributed by atoms with E-state index in [9.17, 15) is 4.79 Å². The molecule has 2 aromatic carbocycles. The summed E-state index contributed by atoms with van der Waals surface area (Å²) in [6, 6.07) is 17.2. The van der Waals surface area contributed by atoms with E-state index in [0.717, 1.165) is 25.2 Å². The van der Waals surface area contributed by atoms with Crippen LogP contribution in [0.25, 0.3) is 0 Å². The van der Waals surface area contributed by atoms with Crippen molar-refractivity contribution >= 4 is 34.7 Å². The van der Waals surface area contributed by atoms with Gasteiger partial charge in [0.1, 0.15) is 11.6 Å². The molecule has 4 rings (SSSR count). The number of benzene rings is 2. The Balaban J connectivity index is 1.51. The van der Waals surface area contributed by atoms with Crippen LogP contribution in [0.4, 0.5) is 17.2 Å². The smallest absolute Gasteiger partial charge is 0.257 e. The molecule has 0 aliphatic carbocycles. The lowest BCUT2D eigenvalue weighted by Gasteiger charge is -2.30. The Morgan fingerprint density at radius 3 is 2.79 bits per heavy atom. The minimum absolute atomic E-state index is 0.237. The molecule has 0 atom stereocenters. The number of carbonyl (C=O) groups excluding carboxylic acids is 1. The number of para-hydroxylation sites is 1. The van der Waals surface area contributed by atoms with Gasteiger partial charge in [-0.25, -0.2) is 4.98 Å². The first-order valence-corrected chi connectivity index (χ1v) is 9.50. The van der Waals surface area contributed by atoms with Crippen molar-refractivity contribution in [3.63, 3.8) is 0 Å². The topological polar surface area (TPSA) is 54.5 Å². The van der Waals surface area contributed by atoms with Crippen LogP contribution in [-0.2, 0) is 6.42 Å². The van der Waals surface area contributed by atoms with Gasteiger partial charge >= 0.3 is 0 Å². The molecule has 0 saturated carbocycles. The molecule has 1 aliphatic heterocycles. The van der Waals surface area contributed by atoms with Gasteiger partial charge in [-0.2, -0.15) is 0 Å². The molecule has 0 bridgehead atoms. The summed E-state index contributed by atoms with van der Waals surface area (Å²) in [5.74, 6) is 1.17. The van der Waals surface area contributed by atoms with Gasteiger partial charge in [0.05, 0.1) is 17.7 Å². The molecule has 5 nitrogen and oxygen atoms in total. The first-order chi connectivity index (χ1) is 13.7. The van der Waals surface area contributed by atoms with Crippen molar-refractivity contribution in [3.8, 4) is 5.75 Å². The lowest BCUT2D eigenvalue weighted by molar-refractivity contribution is 0.102. The predicted molar refractivity (Wildman–Crippen MR) is 112 cm³/mol. The van der Waals surface area contributed by atoms with Crippen molar-refractivity contribution in [1.82, 2.24) is 4.98 Å². The number of nitrogens with one attached hydrogen (secondary N) is 1. The Kier molecular flexibility index (Phi) is 5.17. The summed E-state index contributed by atoms with van der Waals surface area (Å²) in [6.45, 7) is 0.917. The van der Waals surface area contributed by atoms with E-state index in [2.05, 4.69) is 33.4 Å². The molecule has 1 aliphatic rings. The van der Waals surface area contributed by atoms with Crippen LogP contribution >= 0.6 is 11.6 Å². The van der Waals surface area contributed by atoms with Crippen molar-refractivity contribution in [1.29, 1.82) is 0 Å². The Labute approximate surface area is 168 Å². The van der Waals surface area contributed by atoms with Crippen molar-refractivity contribution < 1.29 is 9.53 Å². The summed E-state index contributed by atoms with van der Waals surface area (Å²) in [5.41, 5.74) is 3.60. The van der Waals surface area contributed by atoms with Crippen molar-refractivity contribution in [3.05, 3.63) is 76.9 Å². The highest BCUT2D eigenvalue weighted by Crippen LogP contribution is 2.32. The van der Waals surface area contributed by atoms with Crippen LogP contribution in [0.15, 0.2) is 60.8 Å². The molecular formula is C22H20ClN3O2. The molecule has 1 N–H and O–H groups in total. The normalized spacial score (nSPS) is 13.0. The van der Waals surface area contributed by atoms with Gasteiger partial charge in [0.15, 0.2) is 0 Å². The van der Waals surface area contributed by atoms with Gasteiger partial charge in [0.2, 0.25) is 0 Å². The number of anilines is 3. The second kappa shape index (κ2) is 7.90. The molecule has 0 radical (unpaired) electrons. The SMILES string of the molecule is COc1ccc(NC(=O)c2ccc(N3CCCc4ccccc43)nc2)cc1Cl. The number of rotatable bonds is 4. The Hall–Kier alpha value is -3.05.